The van der Waals surface area contributed by atoms with Gasteiger partial charge in [-0.05, 0) is 42.5 Å². The van der Waals surface area contributed by atoms with Crippen molar-refractivity contribution in [2.45, 2.75) is 18.9 Å². The zero-order valence-electron chi connectivity index (χ0n) is 10.6. The van der Waals surface area contributed by atoms with Gasteiger partial charge in [-0.25, -0.2) is 9.97 Å². The minimum Gasteiger partial charge on any atom is -0.367 e. The highest BCUT2D eigenvalue weighted by molar-refractivity contribution is 7.13. The molecule has 0 aliphatic heterocycles. The summed E-state index contributed by atoms with van der Waals surface area (Å²) in [7, 11) is 0. The molecule has 3 aromatic rings. The Morgan fingerprint density at radius 1 is 1.20 bits per heavy atom. The Morgan fingerprint density at radius 2 is 2.10 bits per heavy atom. The van der Waals surface area contributed by atoms with Gasteiger partial charge in [0, 0.05) is 16.5 Å². The molecular weight excluding hydrogens is 290 g/mol. The molecule has 2 aromatic heterocycles. The van der Waals surface area contributed by atoms with E-state index in [4.69, 9.17) is 16.6 Å². The van der Waals surface area contributed by atoms with Crippen LogP contribution in [0.15, 0.2) is 35.7 Å². The van der Waals surface area contributed by atoms with Crippen LogP contribution in [0.2, 0.25) is 5.02 Å². The number of nitrogens with one attached hydrogen (secondary N) is 1. The lowest BCUT2D eigenvalue weighted by Crippen LogP contribution is -2.05. The highest BCUT2D eigenvalue weighted by Gasteiger charge is 2.23. The van der Waals surface area contributed by atoms with E-state index in [2.05, 4.69) is 10.3 Å². The first-order valence-electron chi connectivity index (χ1n) is 6.57. The third-order valence-corrected chi connectivity index (χ3v) is 4.42. The van der Waals surface area contributed by atoms with Crippen LogP contribution in [0.25, 0.3) is 21.6 Å². The SMILES string of the molecule is Clc1ccc2c(NC3CC3)nc(-c3cccs3)nc2c1. The Labute approximate surface area is 125 Å². The van der Waals surface area contributed by atoms with Crippen molar-refractivity contribution < 1.29 is 0 Å². The molecule has 1 aromatic carbocycles. The van der Waals surface area contributed by atoms with E-state index in [9.17, 15) is 0 Å². The molecule has 4 rings (SSSR count). The topological polar surface area (TPSA) is 37.8 Å². The number of thiophene rings is 1. The molecule has 100 valence electrons. The molecule has 0 bridgehead atoms. The number of hydrogen-bond donors (Lipinski definition) is 1. The second-order valence-electron chi connectivity index (χ2n) is 4.95. The maximum Gasteiger partial charge on any atom is 0.172 e. The van der Waals surface area contributed by atoms with Crippen LogP contribution in [0, 0.1) is 0 Å². The summed E-state index contributed by atoms with van der Waals surface area (Å²) in [6.07, 6.45) is 2.43. The lowest BCUT2D eigenvalue weighted by atomic mass is 10.2. The van der Waals surface area contributed by atoms with Crippen molar-refractivity contribution in [1.29, 1.82) is 0 Å². The van der Waals surface area contributed by atoms with Gasteiger partial charge < -0.3 is 5.32 Å². The van der Waals surface area contributed by atoms with Crippen molar-refractivity contribution in [2.24, 2.45) is 0 Å². The molecule has 2 heterocycles. The highest BCUT2D eigenvalue weighted by atomic mass is 35.5. The Kier molecular flexibility index (Phi) is 2.86. The molecule has 1 saturated carbocycles. The van der Waals surface area contributed by atoms with E-state index >= 15 is 0 Å². The number of anilines is 1. The number of nitrogens with zero attached hydrogens (tertiary/aromatic N) is 2. The summed E-state index contributed by atoms with van der Waals surface area (Å²) in [6.45, 7) is 0. The summed E-state index contributed by atoms with van der Waals surface area (Å²) in [5.74, 6) is 1.68. The minimum atomic E-state index is 0.556. The molecule has 20 heavy (non-hydrogen) atoms. The molecule has 1 N–H and O–H groups in total. The van der Waals surface area contributed by atoms with E-state index in [1.807, 2.05) is 35.7 Å². The molecule has 0 saturated heterocycles. The Hall–Kier alpha value is -1.65. The van der Waals surface area contributed by atoms with Crippen LogP contribution in [0.1, 0.15) is 12.8 Å². The monoisotopic (exact) mass is 301 g/mol. The summed E-state index contributed by atoms with van der Waals surface area (Å²) < 4.78 is 0. The molecule has 0 spiro atoms. The van der Waals surface area contributed by atoms with Crippen LogP contribution in [0.4, 0.5) is 5.82 Å². The Morgan fingerprint density at radius 3 is 2.85 bits per heavy atom. The first-order chi connectivity index (χ1) is 9.79. The zero-order chi connectivity index (χ0) is 13.5. The quantitative estimate of drug-likeness (QED) is 0.769. The van der Waals surface area contributed by atoms with Crippen LogP contribution >= 0.6 is 22.9 Å². The van der Waals surface area contributed by atoms with Gasteiger partial charge in [0.15, 0.2) is 5.82 Å². The Balaban J connectivity index is 1.92. The van der Waals surface area contributed by atoms with E-state index in [0.29, 0.717) is 11.1 Å². The third-order valence-electron chi connectivity index (χ3n) is 3.32. The van der Waals surface area contributed by atoms with Crippen molar-refractivity contribution in [1.82, 2.24) is 9.97 Å². The van der Waals surface area contributed by atoms with E-state index in [-0.39, 0.29) is 0 Å². The van der Waals surface area contributed by atoms with Gasteiger partial charge in [0.2, 0.25) is 0 Å². The summed E-state index contributed by atoms with van der Waals surface area (Å²) in [5, 5.41) is 7.26. The van der Waals surface area contributed by atoms with Gasteiger partial charge in [0.25, 0.3) is 0 Å². The fourth-order valence-corrected chi connectivity index (χ4v) is 2.97. The van der Waals surface area contributed by atoms with Gasteiger partial charge in [0.05, 0.1) is 10.4 Å². The van der Waals surface area contributed by atoms with Crippen LogP contribution in [0.3, 0.4) is 0 Å². The third kappa shape index (κ3) is 2.25. The van der Waals surface area contributed by atoms with Gasteiger partial charge in [-0.1, -0.05) is 17.7 Å². The van der Waals surface area contributed by atoms with Gasteiger partial charge >= 0.3 is 0 Å². The molecule has 1 aliphatic rings. The van der Waals surface area contributed by atoms with E-state index < -0.39 is 0 Å². The van der Waals surface area contributed by atoms with Crippen LogP contribution in [-0.4, -0.2) is 16.0 Å². The van der Waals surface area contributed by atoms with Crippen LogP contribution < -0.4 is 5.32 Å². The predicted octanol–water partition coefficient (Wildman–Crippen LogP) is 4.59. The lowest BCUT2D eigenvalue weighted by molar-refractivity contribution is 1.11. The van der Waals surface area contributed by atoms with Crippen molar-refractivity contribution >= 4 is 39.7 Å². The molecule has 0 atom stereocenters. The smallest absolute Gasteiger partial charge is 0.172 e. The number of benzene rings is 1. The van der Waals surface area contributed by atoms with E-state index in [1.165, 1.54) is 12.8 Å². The molecule has 5 heteroatoms. The number of fused-ring (bicyclic) bond motifs is 1. The van der Waals surface area contributed by atoms with Crippen molar-refractivity contribution in [3.05, 3.63) is 40.7 Å². The minimum absolute atomic E-state index is 0.556. The van der Waals surface area contributed by atoms with Gasteiger partial charge in [-0.15, -0.1) is 11.3 Å². The fraction of sp³-hybridized carbons (Fsp3) is 0.200. The molecule has 1 aliphatic carbocycles. The molecule has 0 amide bonds. The molecule has 3 nitrogen and oxygen atoms in total. The summed E-state index contributed by atoms with van der Waals surface area (Å²) >= 11 is 7.73. The number of halogens is 1. The molecule has 1 fully saturated rings. The summed E-state index contributed by atoms with van der Waals surface area (Å²) in [5.41, 5.74) is 0.888. The first-order valence-corrected chi connectivity index (χ1v) is 7.83. The fourth-order valence-electron chi connectivity index (χ4n) is 2.15. The molecule has 0 radical (unpaired) electrons. The van der Waals surface area contributed by atoms with Gasteiger partial charge in [-0.2, -0.15) is 0 Å². The average molecular weight is 302 g/mol. The first kappa shape index (κ1) is 12.1. The number of aromatic nitrogens is 2. The van der Waals surface area contributed by atoms with Gasteiger partial charge in [-0.3, -0.25) is 0 Å². The normalized spacial score (nSPS) is 14.7. The highest BCUT2D eigenvalue weighted by Crippen LogP contribution is 2.32. The summed E-state index contributed by atoms with van der Waals surface area (Å²) in [6, 6.07) is 10.4. The maximum absolute atomic E-state index is 6.09. The lowest BCUT2D eigenvalue weighted by Gasteiger charge is -2.09. The van der Waals surface area contributed by atoms with E-state index in [0.717, 1.165) is 27.4 Å². The second-order valence-corrected chi connectivity index (χ2v) is 6.34. The standard InChI is InChI=1S/C15H12ClN3S/c16-9-3-6-11-12(8-9)18-15(13-2-1-7-20-13)19-14(11)17-10-4-5-10/h1-3,6-8,10H,4-5H2,(H,17,18,19). The summed E-state index contributed by atoms with van der Waals surface area (Å²) in [4.78, 5) is 10.4. The zero-order valence-corrected chi connectivity index (χ0v) is 12.2. The van der Waals surface area contributed by atoms with Crippen molar-refractivity contribution in [3.63, 3.8) is 0 Å². The number of hydrogen-bond acceptors (Lipinski definition) is 4. The van der Waals surface area contributed by atoms with Crippen LogP contribution in [-0.2, 0) is 0 Å². The van der Waals surface area contributed by atoms with E-state index in [1.54, 1.807) is 11.3 Å². The molecule has 0 unspecified atom stereocenters. The van der Waals surface area contributed by atoms with Crippen molar-refractivity contribution in [2.75, 3.05) is 5.32 Å². The van der Waals surface area contributed by atoms with Gasteiger partial charge in [0.1, 0.15) is 5.82 Å². The second kappa shape index (κ2) is 4.72. The maximum atomic E-state index is 6.09. The average Bonchev–Trinajstić information content (AvgIpc) is 3.08. The predicted molar refractivity (Wildman–Crippen MR) is 84.5 cm³/mol. The Bertz CT molecular complexity index is 766. The molecular formula is C15H12ClN3S. The largest absolute Gasteiger partial charge is 0.367 e. The van der Waals surface area contributed by atoms with Crippen LogP contribution in [0.5, 0.6) is 0 Å². The van der Waals surface area contributed by atoms with Crippen molar-refractivity contribution in [3.8, 4) is 10.7 Å². The number of rotatable bonds is 3.